The highest BCUT2D eigenvalue weighted by Gasteiger charge is 2.03. The summed E-state index contributed by atoms with van der Waals surface area (Å²) >= 11 is 0. The van der Waals surface area contributed by atoms with Crippen LogP contribution in [-0.4, -0.2) is 31.2 Å². The fourth-order valence-corrected chi connectivity index (χ4v) is 0.864. The molecule has 0 aliphatic carbocycles. The molecular weight excluding hydrogens is 172 g/mol. The van der Waals surface area contributed by atoms with E-state index in [0.29, 0.717) is 32.1 Å². The monoisotopic (exact) mass is 186 g/mol. The van der Waals surface area contributed by atoms with Crippen molar-refractivity contribution in [3.05, 3.63) is 0 Å². The molecule has 0 aliphatic rings. The van der Waals surface area contributed by atoms with E-state index in [1.807, 2.05) is 0 Å². The van der Waals surface area contributed by atoms with Gasteiger partial charge >= 0.3 is 0 Å². The topological polar surface area (TPSA) is 75.3 Å². The minimum Gasteiger partial charge on any atom is -0.356 e. The number of nitrogens with one attached hydrogen (secondary N) is 2. The van der Waals surface area contributed by atoms with Gasteiger partial charge in [0, 0.05) is 13.5 Å². The Morgan fingerprint density at radius 3 is 2.62 bits per heavy atom. The zero-order chi connectivity index (χ0) is 10.1. The standard InChI is InChI=1S/C8H14N2O3/c1-7(13)9-4-2-3-8(5-11)10-6-12/h5-6,8H,2-4H2,1H3,(H,9,13)(H,10,12). The SMILES string of the molecule is CC(=O)NCCCC(C=O)NC=O. The lowest BCUT2D eigenvalue weighted by Crippen LogP contribution is -2.30. The minimum atomic E-state index is -0.439. The van der Waals surface area contributed by atoms with Crippen molar-refractivity contribution >= 4 is 18.6 Å². The fourth-order valence-electron chi connectivity index (χ4n) is 0.864. The average molecular weight is 186 g/mol. The summed E-state index contributed by atoms with van der Waals surface area (Å²) < 4.78 is 0. The van der Waals surface area contributed by atoms with Crippen LogP contribution in [0.3, 0.4) is 0 Å². The molecule has 74 valence electrons. The van der Waals surface area contributed by atoms with Crippen molar-refractivity contribution in [3.8, 4) is 0 Å². The van der Waals surface area contributed by atoms with E-state index in [2.05, 4.69) is 10.6 Å². The van der Waals surface area contributed by atoms with Gasteiger partial charge in [-0.05, 0) is 12.8 Å². The largest absolute Gasteiger partial charge is 0.356 e. The zero-order valence-electron chi connectivity index (χ0n) is 7.58. The highest BCUT2D eigenvalue weighted by molar-refractivity contribution is 5.72. The van der Waals surface area contributed by atoms with Crippen LogP contribution in [0.25, 0.3) is 0 Å². The molecule has 0 saturated heterocycles. The Bertz CT molecular complexity index is 182. The summed E-state index contributed by atoms with van der Waals surface area (Å²) in [5.74, 6) is -0.0917. The van der Waals surface area contributed by atoms with Crippen LogP contribution in [0.2, 0.25) is 0 Å². The normalized spacial score (nSPS) is 11.5. The van der Waals surface area contributed by atoms with Gasteiger partial charge in [-0.25, -0.2) is 0 Å². The first-order valence-electron chi connectivity index (χ1n) is 4.10. The molecule has 0 aromatic rings. The first kappa shape index (κ1) is 11.6. The van der Waals surface area contributed by atoms with E-state index < -0.39 is 6.04 Å². The number of aldehydes is 1. The Morgan fingerprint density at radius 1 is 1.46 bits per heavy atom. The van der Waals surface area contributed by atoms with Gasteiger partial charge in [0.2, 0.25) is 12.3 Å². The third-order valence-corrected chi connectivity index (χ3v) is 1.51. The molecule has 5 heteroatoms. The summed E-state index contributed by atoms with van der Waals surface area (Å²) in [5, 5.41) is 4.96. The molecule has 0 saturated carbocycles. The summed E-state index contributed by atoms with van der Waals surface area (Å²) in [6.07, 6.45) is 2.39. The molecule has 0 fully saturated rings. The van der Waals surface area contributed by atoms with Gasteiger partial charge in [-0.2, -0.15) is 0 Å². The predicted octanol–water partition coefficient (Wildman–Crippen LogP) is -0.784. The summed E-state index contributed by atoms with van der Waals surface area (Å²) in [4.78, 5) is 30.7. The van der Waals surface area contributed by atoms with Crippen LogP contribution in [0.4, 0.5) is 0 Å². The molecular formula is C8H14N2O3. The van der Waals surface area contributed by atoms with Crippen LogP contribution >= 0.6 is 0 Å². The predicted molar refractivity (Wildman–Crippen MR) is 47.0 cm³/mol. The highest BCUT2D eigenvalue weighted by atomic mass is 16.1. The van der Waals surface area contributed by atoms with Crippen molar-refractivity contribution in [1.29, 1.82) is 0 Å². The highest BCUT2D eigenvalue weighted by Crippen LogP contribution is 1.92. The van der Waals surface area contributed by atoms with Crippen molar-refractivity contribution in [1.82, 2.24) is 10.6 Å². The number of carbonyl (C=O) groups excluding carboxylic acids is 3. The Morgan fingerprint density at radius 2 is 2.15 bits per heavy atom. The Kier molecular flexibility index (Phi) is 6.49. The summed E-state index contributed by atoms with van der Waals surface area (Å²) in [6.45, 7) is 1.96. The lowest BCUT2D eigenvalue weighted by molar-refractivity contribution is -0.119. The van der Waals surface area contributed by atoms with Gasteiger partial charge in [-0.15, -0.1) is 0 Å². The van der Waals surface area contributed by atoms with E-state index in [1.54, 1.807) is 0 Å². The second-order valence-electron chi connectivity index (χ2n) is 2.65. The molecule has 13 heavy (non-hydrogen) atoms. The number of rotatable bonds is 7. The van der Waals surface area contributed by atoms with Crippen molar-refractivity contribution in [3.63, 3.8) is 0 Å². The van der Waals surface area contributed by atoms with Crippen LogP contribution in [0.15, 0.2) is 0 Å². The first-order valence-corrected chi connectivity index (χ1v) is 4.10. The zero-order valence-corrected chi connectivity index (χ0v) is 7.58. The summed E-state index contributed by atoms with van der Waals surface area (Å²) in [7, 11) is 0. The fraction of sp³-hybridized carbons (Fsp3) is 0.625. The van der Waals surface area contributed by atoms with Gasteiger partial charge in [0.1, 0.15) is 6.29 Å². The smallest absolute Gasteiger partial charge is 0.216 e. The third kappa shape index (κ3) is 6.99. The van der Waals surface area contributed by atoms with Crippen LogP contribution in [-0.2, 0) is 14.4 Å². The number of amides is 2. The summed E-state index contributed by atoms with van der Waals surface area (Å²) in [6, 6.07) is -0.439. The van der Waals surface area contributed by atoms with E-state index in [1.165, 1.54) is 6.92 Å². The maximum absolute atomic E-state index is 10.4. The van der Waals surface area contributed by atoms with Gasteiger partial charge in [0.05, 0.1) is 6.04 Å². The molecule has 2 amide bonds. The van der Waals surface area contributed by atoms with E-state index in [-0.39, 0.29) is 5.91 Å². The minimum absolute atomic E-state index is 0.0917. The molecule has 0 aliphatic heterocycles. The molecule has 0 aromatic heterocycles. The van der Waals surface area contributed by atoms with Crippen LogP contribution in [0.5, 0.6) is 0 Å². The van der Waals surface area contributed by atoms with E-state index >= 15 is 0 Å². The summed E-state index contributed by atoms with van der Waals surface area (Å²) in [5.41, 5.74) is 0. The van der Waals surface area contributed by atoms with E-state index in [9.17, 15) is 14.4 Å². The van der Waals surface area contributed by atoms with Crippen LogP contribution < -0.4 is 10.6 Å². The van der Waals surface area contributed by atoms with E-state index in [0.717, 1.165) is 0 Å². The van der Waals surface area contributed by atoms with Gasteiger partial charge in [0.25, 0.3) is 0 Å². The lowest BCUT2D eigenvalue weighted by atomic mass is 10.2. The molecule has 0 aromatic carbocycles. The maximum atomic E-state index is 10.4. The third-order valence-electron chi connectivity index (χ3n) is 1.51. The molecule has 0 spiro atoms. The molecule has 0 heterocycles. The number of hydrogen-bond donors (Lipinski definition) is 2. The quantitative estimate of drug-likeness (QED) is 0.404. The Labute approximate surface area is 76.9 Å². The first-order chi connectivity index (χ1) is 6.20. The van der Waals surface area contributed by atoms with Crippen molar-refractivity contribution < 1.29 is 14.4 Å². The van der Waals surface area contributed by atoms with Crippen LogP contribution in [0.1, 0.15) is 19.8 Å². The maximum Gasteiger partial charge on any atom is 0.216 e. The van der Waals surface area contributed by atoms with Gasteiger partial charge in [0.15, 0.2) is 0 Å². The van der Waals surface area contributed by atoms with Gasteiger partial charge in [-0.1, -0.05) is 0 Å². The van der Waals surface area contributed by atoms with Gasteiger partial charge < -0.3 is 15.4 Å². The average Bonchev–Trinajstić information content (AvgIpc) is 2.10. The second kappa shape index (κ2) is 7.27. The Hall–Kier alpha value is -1.39. The lowest BCUT2D eigenvalue weighted by Gasteiger charge is -2.08. The molecule has 0 radical (unpaired) electrons. The van der Waals surface area contributed by atoms with Crippen molar-refractivity contribution in [2.24, 2.45) is 0 Å². The van der Waals surface area contributed by atoms with Crippen molar-refractivity contribution in [2.45, 2.75) is 25.8 Å². The molecule has 2 N–H and O–H groups in total. The molecule has 0 rings (SSSR count). The molecule has 0 bridgehead atoms. The molecule has 5 nitrogen and oxygen atoms in total. The van der Waals surface area contributed by atoms with Crippen LogP contribution in [0, 0.1) is 0 Å². The Balaban J connectivity index is 3.43. The number of hydrogen-bond acceptors (Lipinski definition) is 3. The van der Waals surface area contributed by atoms with Crippen molar-refractivity contribution in [2.75, 3.05) is 6.54 Å². The van der Waals surface area contributed by atoms with Gasteiger partial charge in [-0.3, -0.25) is 9.59 Å². The van der Waals surface area contributed by atoms with E-state index in [4.69, 9.17) is 0 Å². The number of carbonyl (C=O) groups is 3. The second-order valence-corrected chi connectivity index (χ2v) is 2.65. The molecule has 1 atom stereocenters. The molecule has 1 unspecified atom stereocenters.